The molecule has 3 amide bonds. The largest absolute Gasteiger partial charge is 0.443 e. The first-order chi connectivity index (χ1) is 12.0. The molecule has 0 bridgehead atoms. The fourth-order valence-corrected chi connectivity index (χ4v) is 2.54. The van der Waals surface area contributed by atoms with Crippen LogP contribution in [0.3, 0.4) is 0 Å². The maximum absolute atomic E-state index is 12.6. The molecule has 0 aromatic heterocycles. The van der Waals surface area contributed by atoms with Gasteiger partial charge in [-0.2, -0.15) is 4.91 Å². The zero-order chi connectivity index (χ0) is 20.1. The van der Waals surface area contributed by atoms with Crippen molar-refractivity contribution in [1.82, 2.24) is 9.80 Å². The number of rotatable bonds is 8. The molecule has 1 heterocycles. The van der Waals surface area contributed by atoms with Gasteiger partial charge in [0.1, 0.15) is 12.6 Å². The Morgan fingerprint density at radius 2 is 1.96 bits per heavy atom. The van der Waals surface area contributed by atoms with Gasteiger partial charge in [0.15, 0.2) is 6.73 Å². The molecule has 0 spiro atoms. The van der Waals surface area contributed by atoms with Crippen LogP contribution in [0.15, 0.2) is 16.8 Å². The first-order valence-electron chi connectivity index (χ1n) is 8.79. The molecule has 1 saturated heterocycles. The van der Waals surface area contributed by atoms with E-state index in [-0.39, 0.29) is 12.5 Å². The van der Waals surface area contributed by atoms with Crippen molar-refractivity contribution in [3.8, 4) is 0 Å². The molecule has 1 rings (SSSR count). The molecule has 0 aromatic carbocycles. The fraction of sp³-hybridized carbons (Fsp3) is 0.722. The Balaban J connectivity index is 2.84. The molecule has 1 fully saturated rings. The molecule has 8 nitrogen and oxygen atoms in total. The van der Waals surface area contributed by atoms with Crippen LogP contribution in [0.4, 0.5) is 4.79 Å². The third-order valence-corrected chi connectivity index (χ3v) is 4.39. The number of esters is 1. The summed E-state index contributed by atoms with van der Waals surface area (Å²) in [7, 11) is 0. The van der Waals surface area contributed by atoms with E-state index in [1.54, 1.807) is 19.9 Å². The second kappa shape index (κ2) is 8.91. The minimum Gasteiger partial charge on any atom is -0.443 e. The van der Waals surface area contributed by atoms with E-state index >= 15 is 0 Å². The number of nitroso groups, excluding NO2 is 1. The number of hydrogen-bond donors (Lipinski definition) is 0. The maximum atomic E-state index is 12.6. The zero-order valence-corrected chi connectivity index (χ0v) is 16.4. The summed E-state index contributed by atoms with van der Waals surface area (Å²) in [6.07, 6.45) is 2.41. The van der Waals surface area contributed by atoms with Crippen molar-refractivity contribution >= 4 is 17.9 Å². The molecule has 0 saturated carbocycles. The molecule has 0 radical (unpaired) electrons. The number of nitrogens with zero attached hydrogens (tertiary/aromatic N) is 3. The quantitative estimate of drug-likeness (QED) is 0.284. The predicted octanol–water partition coefficient (Wildman–Crippen LogP) is 2.92. The molecule has 2 atom stereocenters. The summed E-state index contributed by atoms with van der Waals surface area (Å²) < 4.78 is 5.26. The highest BCUT2D eigenvalue weighted by Gasteiger charge is 2.37. The van der Waals surface area contributed by atoms with Crippen molar-refractivity contribution in [2.75, 3.05) is 19.8 Å². The van der Waals surface area contributed by atoms with Gasteiger partial charge in [-0.05, 0) is 31.3 Å². The SMILES string of the molecule is CCCN1CC(=O)N(COC(=O)C(/C=C(\C)C(C)N=O)C(C)(C)C)C1=O. The topological polar surface area (TPSA) is 96.3 Å². The molecule has 0 aliphatic carbocycles. The highest BCUT2D eigenvalue weighted by Crippen LogP contribution is 2.30. The van der Waals surface area contributed by atoms with E-state index in [9.17, 15) is 19.3 Å². The van der Waals surface area contributed by atoms with Crippen molar-refractivity contribution in [2.24, 2.45) is 16.5 Å². The number of hydrogen-bond acceptors (Lipinski definition) is 6. The second-order valence-corrected chi connectivity index (χ2v) is 7.65. The van der Waals surface area contributed by atoms with Gasteiger partial charge in [0, 0.05) is 6.54 Å². The lowest BCUT2D eigenvalue weighted by atomic mass is 9.79. The first kappa shape index (κ1) is 21.8. The Morgan fingerprint density at radius 1 is 1.35 bits per heavy atom. The molecule has 1 aliphatic heterocycles. The van der Waals surface area contributed by atoms with Crippen LogP contribution < -0.4 is 0 Å². The van der Waals surface area contributed by atoms with Crippen molar-refractivity contribution in [2.45, 2.75) is 54.0 Å². The average Bonchev–Trinajstić information content (AvgIpc) is 2.82. The van der Waals surface area contributed by atoms with Gasteiger partial charge in [0.2, 0.25) is 0 Å². The lowest BCUT2D eigenvalue weighted by Crippen LogP contribution is -2.38. The van der Waals surface area contributed by atoms with Gasteiger partial charge in [-0.1, -0.05) is 38.9 Å². The van der Waals surface area contributed by atoms with Gasteiger partial charge < -0.3 is 9.64 Å². The van der Waals surface area contributed by atoms with Gasteiger partial charge in [0.25, 0.3) is 5.91 Å². The van der Waals surface area contributed by atoms with E-state index in [0.717, 1.165) is 11.3 Å². The molecule has 146 valence electrons. The van der Waals surface area contributed by atoms with Crippen LogP contribution in [-0.2, 0) is 14.3 Å². The van der Waals surface area contributed by atoms with Gasteiger partial charge in [-0.15, -0.1) is 0 Å². The third kappa shape index (κ3) is 5.37. The van der Waals surface area contributed by atoms with Crippen LogP contribution in [0.1, 0.15) is 48.0 Å². The summed E-state index contributed by atoms with van der Waals surface area (Å²) >= 11 is 0. The summed E-state index contributed by atoms with van der Waals surface area (Å²) in [6.45, 7) is 11.0. The van der Waals surface area contributed by atoms with E-state index in [0.29, 0.717) is 12.1 Å². The predicted molar refractivity (Wildman–Crippen MR) is 97.0 cm³/mol. The standard InChI is InChI=1S/C18H29N3O5/c1-7-8-20-10-15(22)21(17(20)24)11-26-16(23)14(18(4,5)6)9-12(2)13(3)19-25/h9,13-14H,7-8,10-11H2,1-6H3/b12-9+. The van der Waals surface area contributed by atoms with Gasteiger partial charge in [0.05, 0.1) is 5.92 Å². The summed E-state index contributed by atoms with van der Waals surface area (Å²) in [4.78, 5) is 49.8. The van der Waals surface area contributed by atoms with E-state index in [4.69, 9.17) is 4.74 Å². The number of urea groups is 1. The Morgan fingerprint density at radius 3 is 2.46 bits per heavy atom. The number of ether oxygens (including phenoxy) is 1. The lowest BCUT2D eigenvalue weighted by Gasteiger charge is -2.28. The summed E-state index contributed by atoms with van der Waals surface area (Å²) in [5.74, 6) is -1.56. The number of imide groups is 1. The second-order valence-electron chi connectivity index (χ2n) is 7.65. The normalized spacial score (nSPS) is 18.2. The Bertz CT molecular complexity index is 594. The monoisotopic (exact) mass is 367 g/mol. The number of amides is 3. The van der Waals surface area contributed by atoms with Crippen molar-refractivity contribution in [3.05, 3.63) is 16.6 Å². The van der Waals surface area contributed by atoms with Crippen LogP contribution in [0, 0.1) is 16.2 Å². The molecule has 2 unspecified atom stereocenters. The molecule has 8 heteroatoms. The van der Waals surface area contributed by atoms with Crippen LogP contribution in [0.2, 0.25) is 0 Å². The van der Waals surface area contributed by atoms with E-state index < -0.39 is 36.1 Å². The average molecular weight is 367 g/mol. The van der Waals surface area contributed by atoms with E-state index in [2.05, 4.69) is 5.18 Å². The molecular weight excluding hydrogens is 338 g/mol. The molecular formula is C18H29N3O5. The minimum absolute atomic E-state index is 0.00839. The summed E-state index contributed by atoms with van der Waals surface area (Å²) in [5.41, 5.74) is 0.202. The van der Waals surface area contributed by atoms with Crippen LogP contribution >= 0.6 is 0 Å². The van der Waals surface area contributed by atoms with Crippen molar-refractivity contribution in [1.29, 1.82) is 0 Å². The summed E-state index contributed by atoms with van der Waals surface area (Å²) in [5, 5.41) is 2.96. The van der Waals surface area contributed by atoms with Crippen molar-refractivity contribution < 1.29 is 19.1 Å². The summed E-state index contributed by atoms with van der Waals surface area (Å²) in [6, 6.07) is -0.987. The third-order valence-electron chi connectivity index (χ3n) is 4.39. The van der Waals surface area contributed by atoms with Crippen LogP contribution in [-0.4, -0.2) is 53.6 Å². The zero-order valence-electron chi connectivity index (χ0n) is 16.4. The van der Waals surface area contributed by atoms with Gasteiger partial charge in [-0.25, -0.2) is 9.69 Å². The Hall–Kier alpha value is -2.25. The van der Waals surface area contributed by atoms with E-state index in [1.807, 2.05) is 27.7 Å². The Kier molecular flexibility index (Phi) is 7.47. The van der Waals surface area contributed by atoms with Gasteiger partial charge >= 0.3 is 12.0 Å². The minimum atomic E-state index is -0.633. The van der Waals surface area contributed by atoms with Crippen LogP contribution in [0.25, 0.3) is 0 Å². The number of carbonyl (C=O) groups is 3. The molecule has 1 aliphatic rings. The smallest absolute Gasteiger partial charge is 0.330 e. The van der Waals surface area contributed by atoms with Crippen LogP contribution in [0.5, 0.6) is 0 Å². The highest BCUT2D eigenvalue weighted by molar-refractivity contribution is 6.02. The van der Waals surface area contributed by atoms with E-state index in [1.165, 1.54) is 4.90 Å². The highest BCUT2D eigenvalue weighted by atomic mass is 16.5. The van der Waals surface area contributed by atoms with Crippen molar-refractivity contribution in [3.63, 3.8) is 0 Å². The molecule has 0 aromatic rings. The lowest BCUT2D eigenvalue weighted by molar-refractivity contribution is -0.155. The molecule has 0 N–H and O–H groups in total. The fourth-order valence-electron chi connectivity index (χ4n) is 2.54. The number of carbonyl (C=O) groups excluding carboxylic acids is 3. The maximum Gasteiger partial charge on any atom is 0.330 e. The van der Waals surface area contributed by atoms with Gasteiger partial charge in [-0.3, -0.25) is 9.59 Å². The first-order valence-corrected chi connectivity index (χ1v) is 8.79. The Labute approximate surface area is 154 Å². The molecule has 26 heavy (non-hydrogen) atoms.